The molecule has 1 heterocycles. The van der Waals surface area contributed by atoms with E-state index in [-0.39, 0.29) is 0 Å². The Morgan fingerprint density at radius 3 is 2.67 bits per heavy atom. The van der Waals surface area contributed by atoms with Crippen molar-refractivity contribution in [3.05, 3.63) is 34.9 Å². The third kappa shape index (κ3) is 2.23. The summed E-state index contributed by atoms with van der Waals surface area (Å²) >= 11 is 0. The molecule has 2 rings (SSSR count). The van der Waals surface area contributed by atoms with Crippen molar-refractivity contribution in [2.45, 2.75) is 33.1 Å². The standard InChI is InChI=1S/C14H21N/c1-10-4-5-13(8-12(10)3)14-9-15-7-6-11(14)2/h4-5,8,11,14-15H,6-7,9H2,1-3H3. The lowest BCUT2D eigenvalue weighted by atomic mass is 9.82. The fourth-order valence-corrected chi connectivity index (χ4v) is 2.43. The number of hydrogen-bond acceptors (Lipinski definition) is 1. The Kier molecular flexibility index (Phi) is 3.11. The van der Waals surface area contributed by atoms with Gasteiger partial charge in [0.25, 0.3) is 0 Å². The van der Waals surface area contributed by atoms with Gasteiger partial charge in [0.1, 0.15) is 0 Å². The molecule has 1 nitrogen and oxygen atoms in total. The molecule has 1 fully saturated rings. The van der Waals surface area contributed by atoms with E-state index >= 15 is 0 Å². The van der Waals surface area contributed by atoms with Gasteiger partial charge in [0.05, 0.1) is 0 Å². The van der Waals surface area contributed by atoms with Gasteiger partial charge in [-0.05, 0) is 55.3 Å². The second-order valence-electron chi connectivity index (χ2n) is 4.92. The van der Waals surface area contributed by atoms with Crippen molar-refractivity contribution in [2.75, 3.05) is 13.1 Å². The average Bonchev–Trinajstić information content (AvgIpc) is 2.23. The van der Waals surface area contributed by atoms with Crippen LogP contribution < -0.4 is 5.32 Å². The summed E-state index contributed by atoms with van der Waals surface area (Å²) in [4.78, 5) is 0. The molecule has 1 aromatic carbocycles. The van der Waals surface area contributed by atoms with Gasteiger partial charge in [-0.15, -0.1) is 0 Å². The lowest BCUT2D eigenvalue weighted by molar-refractivity contribution is 0.348. The highest BCUT2D eigenvalue weighted by molar-refractivity contribution is 5.32. The highest BCUT2D eigenvalue weighted by Gasteiger charge is 2.22. The minimum absolute atomic E-state index is 0.707. The Morgan fingerprint density at radius 1 is 1.20 bits per heavy atom. The molecule has 0 bridgehead atoms. The maximum absolute atomic E-state index is 3.50. The van der Waals surface area contributed by atoms with Crippen LogP contribution >= 0.6 is 0 Å². The Balaban J connectivity index is 2.24. The minimum atomic E-state index is 0.707. The molecular formula is C14H21N. The third-order valence-corrected chi connectivity index (χ3v) is 3.79. The first-order chi connectivity index (χ1) is 7.18. The van der Waals surface area contributed by atoms with Gasteiger partial charge in [0.15, 0.2) is 0 Å². The van der Waals surface area contributed by atoms with E-state index in [1.165, 1.54) is 29.7 Å². The zero-order chi connectivity index (χ0) is 10.8. The van der Waals surface area contributed by atoms with Gasteiger partial charge >= 0.3 is 0 Å². The second kappa shape index (κ2) is 4.36. The summed E-state index contributed by atoms with van der Waals surface area (Å²) in [6.07, 6.45) is 1.30. The number of nitrogens with one attached hydrogen (secondary N) is 1. The number of piperidine rings is 1. The lowest BCUT2D eigenvalue weighted by Gasteiger charge is -2.30. The Hall–Kier alpha value is -0.820. The molecule has 1 aliphatic heterocycles. The molecule has 0 radical (unpaired) electrons. The first-order valence-corrected chi connectivity index (χ1v) is 5.96. The third-order valence-electron chi connectivity index (χ3n) is 3.79. The van der Waals surface area contributed by atoms with Crippen LogP contribution in [0.3, 0.4) is 0 Å². The van der Waals surface area contributed by atoms with Crippen LogP contribution in [0.2, 0.25) is 0 Å². The van der Waals surface area contributed by atoms with Crippen molar-refractivity contribution in [3.63, 3.8) is 0 Å². The van der Waals surface area contributed by atoms with Crippen LogP contribution in [0.15, 0.2) is 18.2 Å². The second-order valence-corrected chi connectivity index (χ2v) is 4.92. The van der Waals surface area contributed by atoms with Crippen molar-refractivity contribution in [3.8, 4) is 0 Å². The smallest absolute Gasteiger partial charge is 0.00227 e. The van der Waals surface area contributed by atoms with E-state index in [4.69, 9.17) is 0 Å². The molecule has 82 valence electrons. The fraction of sp³-hybridized carbons (Fsp3) is 0.571. The first kappa shape index (κ1) is 10.7. The molecule has 1 aliphatic rings. The molecule has 0 spiro atoms. The molecule has 0 aliphatic carbocycles. The van der Waals surface area contributed by atoms with Crippen LogP contribution in [0.25, 0.3) is 0 Å². The van der Waals surface area contributed by atoms with Crippen LogP contribution in [-0.2, 0) is 0 Å². The van der Waals surface area contributed by atoms with Crippen LogP contribution in [0, 0.1) is 19.8 Å². The van der Waals surface area contributed by atoms with Crippen molar-refractivity contribution < 1.29 is 0 Å². The van der Waals surface area contributed by atoms with Gasteiger partial charge < -0.3 is 5.32 Å². The normalized spacial score (nSPS) is 26.6. The summed E-state index contributed by atoms with van der Waals surface area (Å²) < 4.78 is 0. The maximum Gasteiger partial charge on any atom is 0.00227 e. The molecule has 1 aromatic rings. The largest absolute Gasteiger partial charge is 0.316 e. The molecule has 0 aromatic heterocycles. The monoisotopic (exact) mass is 203 g/mol. The molecule has 1 heteroatoms. The van der Waals surface area contributed by atoms with E-state index in [0.29, 0.717) is 5.92 Å². The predicted octanol–water partition coefficient (Wildman–Crippen LogP) is 3.02. The van der Waals surface area contributed by atoms with E-state index in [1.54, 1.807) is 0 Å². The highest BCUT2D eigenvalue weighted by atomic mass is 14.9. The SMILES string of the molecule is Cc1ccc(C2CNCCC2C)cc1C. The zero-order valence-electron chi connectivity index (χ0n) is 10.0. The summed E-state index contributed by atoms with van der Waals surface area (Å²) in [5.41, 5.74) is 4.33. The quantitative estimate of drug-likeness (QED) is 0.740. The van der Waals surface area contributed by atoms with Gasteiger partial charge in [-0.1, -0.05) is 25.1 Å². The number of rotatable bonds is 1. The van der Waals surface area contributed by atoms with E-state index in [0.717, 1.165) is 12.5 Å². The van der Waals surface area contributed by atoms with Gasteiger partial charge in [-0.3, -0.25) is 0 Å². The Bertz CT molecular complexity index is 343. The topological polar surface area (TPSA) is 12.0 Å². The van der Waals surface area contributed by atoms with E-state index in [2.05, 4.69) is 44.3 Å². The summed E-state index contributed by atoms with van der Waals surface area (Å²) in [6.45, 7) is 9.09. The van der Waals surface area contributed by atoms with E-state index < -0.39 is 0 Å². The molecule has 1 saturated heterocycles. The average molecular weight is 203 g/mol. The summed E-state index contributed by atoms with van der Waals surface area (Å²) in [5, 5.41) is 3.50. The number of benzene rings is 1. The molecule has 1 N–H and O–H groups in total. The summed E-state index contributed by atoms with van der Waals surface area (Å²) in [5.74, 6) is 1.52. The summed E-state index contributed by atoms with van der Waals surface area (Å²) in [6, 6.07) is 6.92. The van der Waals surface area contributed by atoms with Crippen LogP contribution in [0.4, 0.5) is 0 Å². The van der Waals surface area contributed by atoms with Gasteiger partial charge in [-0.2, -0.15) is 0 Å². The molecule has 15 heavy (non-hydrogen) atoms. The molecule has 0 amide bonds. The maximum atomic E-state index is 3.50. The first-order valence-electron chi connectivity index (χ1n) is 5.96. The van der Waals surface area contributed by atoms with Crippen molar-refractivity contribution in [2.24, 2.45) is 5.92 Å². The molecular weight excluding hydrogens is 182 g/mol. The van der Waals surface area contributed by atoms with Gasteiger partial charge in [0.2, 0.25) is 0 Å². The summed E-state index contributed by atoms with van der Waals surface area (Å²) in [7, 11) is 0. The van der Waals surface area contributed by atoms with Crippen LogP contribution in [-0.4, -0.2) is 13.1 Å². The Labute approximate surface area is 92.9 Å². The molecule has 0 saturated carbocycles. The predicted molar refractivity (Wildman–Crippen MR) is 65.3 cm³/mol. The van der Waals surface area contributed by atoms with Gasteiger partial charge in [0, 0.05) is 6.54 Å². The zero-order valence-corrected chi connectivity index (χ0v) is 10.0. The fourth-order valence-electron chi connectivity index (χ4n) is 2.43. The molecule has 2 unspecified atom stereocenters. The lowest BCUT2D eigenvalue weighted by Crippen LogP contribution is -2.33. The Morgan fingerprint density at radius 2 is 2.00 bits per heavy atom. The molecule has 2 atom stereocenters. The van der Waals surface area contributed by atoms with E-state index in [9.17, 15) is 0 Å². The number of hydrogen-bond donors (Lipinski definition) is 1. The van der Waals surface area contributed by atoms with Crippen molar-refractivity contribution in [1.29, 1.82) is 0 Å². The van der Waals surface area contributed by atoms with E-state index in [1.807, 2.05) is 0 Å². The van der Waals surface area contributed by atoms with Crippen molar-refractivity contribution >= 4 is 0 Å². The highest BCUT2D eigenvalue weighted by Crippen LogP contribution is 2.29. The van der Waals surface area contributed by atoms with Crippen LogP contribution in [0.1, 0.15) is 36.0 Å². The van der Waals surface area contributed by atoms with Crippen molar-refractivity contribution in [1.82, 2.24) is 5.32 Å². The number of aryl methyl sites for hydroxylation is 2. The minimum Gasteiger partial charge on any atom is -0.316 e. The van der Waals surface area contributed by atoms with Gasteiger partial charge in [-0.25, -0.2) is 0 Å². The van der Waals surface area contributed by atoms with Crippen LogP contribution in [0.5, 0.6) is 0 Å².